The number of likely N-dealkylation sites (N-methyl/N-ethyl adjacent to an activating group) is 1. The second kappa shape index (κ2) is 7.44. The summed E-state index contributed by atoms with van der Waals surface area (Å²) in [5.41, 5.74) is 5.17. The molecule has 28 heavy (non-hydrogen) atoms. The maximum Gasteiger partial charge on any atom is 0.250 e. The van der Waals surface area contributed by atoms with Crippen molar-refractivity contribution in [1.82, 2.24) is 19.0 Å². The van der Waals surface area contributed by atoms with E-state index in [4.69, 9.17) is 0 Å². The van der Waals surface area contributed by atoms with E-state index >= 15 is 0 Å². The van der Waals surface area contributed by atoms with Crippen molar-refractivity contribution >= 4 is 11.0 Å². The number of nitrogens with zero attached hydrogens (tertiary/aromatic N) is 4. The van der Waals surface area contributed by atoms with Gasteiger partial charge in [0.05, 0.1) is 11.0 Å². The molecule has 4 rings (SSSR count). The molecule has 0 fully saturated rings. The fourth-order valence-electron chi connectivity index (χ4n) is 3.28. The van der Waals surface area contributed by atoms with Gasteiger partial charge in [-0.15, -0.1) is 0 Å². The summed E-state index contributed by atoms with van der Waals surface area (Å²) in [6.45, 7) is 2.77. The molecule has 1 unspecified atom stereocenters. The summed E-state index contributed by atoms with van der Waals surface area (Å²) in [5.74, 6) is 0. The van der Waals surface area contributed by atoms with Gasteiger partial charge in [-0.05, 0) is 62.5 Å². The van der Waals surface area contributed by atoms with Crippen molar-refractivity contribution in [3.8, 4) is 16.8 Å². The van der Waals surface area contributed by atoms with Crippen LogP contribution in [-0.4, -0.2) is 39.2 Å². The summed E-state index contributed by atoms with van der Waals surface area (Å²) in [7, 11) is 4.05. The first kappa shape index (κ1) is 18.2. The van der Waals surface area contributed by atoms with E-state index in [-0.39, 0.29) is 11.6 Å². The molecule has 0 aliphatic heterocycles. The molecule has 0 N–H and O–H groups in total. The van der Waals surface area contributed by atoms with Gasteiger partial charge in [-0.3, -0.25) is 9.36 Å². The normalized spacial score (nSPS) is 12.6. The van der Waals surface area contributed by atoms with E-state index in [1.807, 2.05) is 50.9 Å². The van der Waals surface area contributed by atoms with Gasteiger partial charge in [0, 0.05) is 30.5 Å². The molecule has 0 aliphatic rings. The van der Waals surface area contributed by atoms with Crippen LogP contribution in [0.1, 0.15) is 6.92 Å². The first-order chi connectivity index (χ1) is 13.5. The van der Waals surface area contributed by atoms with Gasteiger partial charge in [0.2, 0.25) is 0 Å². The van der Waals surface area contributed by atoms with E-state index in [2.05, 4.69) is 51.7 Å². The molecule has 0 aliphatic carbocycles. The molecular formula is C23H24N4O. The Balaban J connectivity index is 1.71. The molecule has 0 bridgehead atoms. The van der Waals surface area contributed by atoms with E-state index in [1.165, 1.54) is 0 Å². The SMILES string of the molecule is CC(Cn1cc(-c2ccc3c(c2)ncn3-c2ccccc2)ccc1=O)N(C)C. The summed E-state index contributed by atoms with van der Waals surface area (Å²) >= 11 is 0. The number of pyridine rings is 1. The summed E-state index contributed by atoms with van der Waals surface area (Å²) in [5, 5.41) is 0. The molecule has 2 aromatic heterocycles. The third-order valence-corrected chi connectivity index (χ3v) is 5.24. The second-order valence-electron chi connectivity index (χ2n) is 7.37. The maximum absolute atomic E-state index is 12.3. The van der Waals surface area contributed by atoms with E-state index in [0.717, 1.165) is 27.8 Å². The van der Waals surface area contributed by atoms with Crippen LogP contribution in [0, 0.1) is 0 Å². The molecule has 0 amide bonds. The van der Waals surface area contributed by atoms with Crippen molar-refractivity contribution in [2.45, 2.75) is 19.5 Å². The molecule has 0 saturated carbocycles. The van der Waals surface area contributed by atoms with Gasteiger partial charge in [0.25, 0.3) is 5.56 Å². The number of hydrogen-bond acceptors (Lipinski definition) is 3. The third kappa shape index (κ3) is 3.49. The molecule has 2 heterocycles. The summed E-state index contributed by atoms with van der Waals surface area (Å²) in [6, 6.07) is 20.2. The molecule has 2 aromatic carbocycles. The van der Waals surface area contributed by atoms with Gasteiger partial charge in [0.1, 0.15) is 6.33 Å². The average molecular weight is 372 g/mol. The Hall–Kier alpha value is -3.18. The monoisotopic (exact) mass is 372 g/mol. The quantitative estimate of drug-likeness (QED) is 0.535. The lowest BCUT2D eigenvalue weighted by atomic mass is 10.1. The first-order valence-electron chi connectivity index (χ1n) is 9.43. The summed E-state index contributed by atoms with van der Waals surface area (Å²) < 4.78 is 3.87. The fraction of sp³-hybridized carbons (Fsp3) is 0.217. The Morgan fingerprint density at radius 2 is 1.75 bits per heavy atom. The van der Waals surface area contributed by atoms with Crippen LogP contribution in [-0.2, 0) is 6.54 Å². The van der Waals surface area contributed by atoms with Crippen molar-refractivity contribution in [2.24, 2.45) is 0 Å². The minimum absolute atomic E-state index is 0.0203. The van der Waals surface area contributed by atoms with Crippen LogP contribution in [0.25, 0.3) is 27.8 Å². The van der Waals surface area contributed by atoms with Gasteiger partial charge in [-0.2, -0.15) is 0 Å². The topological polar surface area (TPSA) is 43.1 Å². The van der Waals surface area contributed by atoms with Gasteiger partial charge < -0.3 is 9.47 Å². The molecule has 4 aromatic rings. The highest BCUT2D eigenvalue weighted by molar-refractivity contribution is 5.83. The largest absolute Gasteiger partial charge is 0.313 e. The molecule has 0 saturated heterocycles. The van der Waals surface area contributed by atoms with Crippen molar-refractivity contribution in [2.75, 3.05) is 14.1 Å². The standard InChI is InChI=1S/C23H24N4O/c1-17(25(2)3)14-26-15-19(10-12-23(26)28)18-9-11-22-21(13-18)24-16-27(22)20-7-5-4-6-8-20/h4-13,15-17H,14H2,1-3H3. The maximum atomic E-state index is 12.3. The lowest BCUT2D eigenvalue weighted by Gasteiger charge is -2.21. The van der Waals surface area contributed by atoms with Crippen LogP contribution in [0.5, 0.6) is 0 Å². The summed E-state index contributed by atoms with van der Waals surface area (Å²) in [4.78, 5) is 19.0. The van der Waals surface area contributed by atoms with Crippen molar-refractivity contribution in [3.63, 3.8) is 0 Å². The Kier molecular flexibility index (Phi) is 4.84. The number of benzene rings is 2. The van der Waals surface area contributed by atoms with E-state index < -0.39 is 0 Å². The number of hydrogen-bond donors (Lipinski definition) is 0. The molecule has 0 radical (unpaired) electrons. The molecule has 1 atom stereocenters. The Bertz CT molecular complexity index is 1160. The minimum Gasteiger partial charge on any atom is -0.313 e. The highest BCUT2D eigenvalue weighted by Crippen LogP contribution is 2.25. The van der Waals surface area contributed by atoms with Crippen molar-refractivity contribution < 1.29 is 0 Å². The van der Waals surface area contributed by atoms with Gasteiger partial charge in [-0.25, -0.2) is 4.98 Å². The molecule has 5 nitrogen and oxygen atoms in total. The summed E-state index contributed by atoms with van der Waals surface area (Å²) in [6.07, 6.45) is 3.79. The van der Waals surface area contributed by atoms with Crippen LogP contribution < -0.4 is 5.56 Å². The van der Waals surface area contributed by atoms with Gasteiger partial charge in [0.15, 0.2) is 0 Å². The van der Waals surface area contributed by atoms with E-state index in [1.54, 1.807) is 10.6 Å². The third-order valence-electron chi connectivity index (χ3n) is 5.24. The zero-order valence-electron chi connectivity index (χ0n) is 16.4. The Morgan fingerprint density at radius 1 is 1.00 bits per heavy atom. The van der Waals surface area contributed by atoms with Crippen molar-refractivity contribution in [3.05, 3.63) is 83.5 Å². The van der Waals surface area contributed by atoms with Gasteiger partial charge in [-0.1, -0.05) is 24.3 Å². The predicted octanol–water partition coefficient (Wildman–Crippen LogP) is 3.80. The fourth-order valence-corrected chi connectivity index (χ4v) is 3.28. The minimum atomic E-state index is 0.0203. The van der Waals surface area contributed by atoms with Crippen LogP contribution in [0.4, 0.5) is 0 Å². The molecule has 5 heteroatoms. The van der Waals surface area contributed by atoms with E-state index in [9.17, 15) is 4.79 Å². The number of imidazole rings is 1. The second-order valence-corrected chi connectivity index (χ2v) is 7.37. The number of rotatable bonds is 5. The van der Waals surface area contributed by atoms with E-state index in [0.29, 0.717) is 6.54 Å². The van der Waals surface area contributed by atoms with Crippen molar-refractivity contribution in [1.29, 1.82) is 0 Å². The van der Waals surface area contributed by atoms with Crippen LogP contribution in [0.15, 0.2) is 78.0 Å². The molecule has 0 spiro atoms. The van der Waals surface area contributed by atoms with Crippen LogP contribution >= 0.6 is 0 Å². The zero-order chi connectivity index (χ0) is 19.7. The molecule has 142 valence electrons. The Labute approximate surface area is 164 Å². The smallest absolute Gasteiger partial charge is 0.250 e. The molecular weight excluding hydrogens is 348 g/mol. The highest BCUT2D eigenvalue weighted by atomic mass is 16.1. The highest BCUT2D eigenvalue weighted by Gasteiger charge is 2.10. The number of aromatic nitrogens is 3. The lowest BCUT2D eigenvalue weighted by molar-refractivity contribution is 0.281. The average Bonchev–Trinajstić information content (AvgIpc) is 3.13. The predicted molar refractivity (Wildman–Crippen MR) is 114 cm³/mol. The first-order valence-corrected chi connectivity index (χ1v) is 9.43. The number of fused-ring (bicyclic) bond motifs is 1. The van der Waals surface area contributed by atoms with Crippen LogP contribution in [0.3, 0.4) is 0 Å². The van der Waals surface area contributed by atoms with Gasteiger partial charge >= 0.3 is 0 Å². The zero-order valence-corrected chi connectivity index (χ0v) is 16.4. The van der Waals surface area contributed by atoms with Crippen LogP contribution in [0.2, 0.25) is 0 Å². The Morgan fingerprint density at radius 3 is 2.50 bits per heavy atom. The number of para-hydroxylation sites is 1. The lowest BCUT2D eigenvalue weighted by Crippen LogP contribution is -2.33.